The van der Waals surface area contributed by atoms with E-state index in [1.807, 2.05) is 18.4 Å². The molecule has 1 N–H and O–H groups in total. The van der Waals surface area contributed by atoms with Gasteiger partial charge in [-0.2, -0.15) is 4.31 Å². The molecule has 0 unspecified atom stereocenters. The van der Waals surface area contributed by atoms with Gasteiger partial charge in [-0.05, 0) is 50.2 Å². The van der Waals surface area contributed by atoms with Gasteiger partial charge in [0.25, 0.3) is 0 Å². The third kappa shape index (κ3) is 8.26. The van der Waals surface area contributed by atoms with Gasteiger partial charge in [-0.25, -0.2) is 23.4 Å². The highest BCUT2D eigenvalue weighted by atomic mass is 32.2. The molecule has 0 atom stereocenters. The topological polar surface area (TPSA) is 129 Å². The molecule has 11 nitrogen and oxygen atoms in total. The Labute approximate surface area is 231 Å². The van der Waals surface area contributed by atoms with Crippen LogP contribution in [-0.2, 0) is 19.5 Å². The second-order valence-corrected chi connectivity index (χ2v) is 18.1. The fourth-order valence-electron chi connectivity index (χ4n) is 3.74. The van der Waals surface area contributed by atoms with Crippen LogP contribution >= 0.6 is 0 Å². The van der Waals surface area contributed by atoms with Crippen LogP contribution in [0.1, 0.15) is 30.5 Å². The van der Waals surface area contributed by atoms with Crippen molar-refractivity contribution in [3.63, 3.8) is 0 Å². The molecule has 2 heterocycles. The lowest BCUT2D eigenvalue weighted by atomic mass is 10.2. The molecule has 3 aromatic rings. The van der Waals surface area contributed by atoms with Gasteiger partial charge in [-0.1, -0.05) is 19.6 Å². The van der Waals surface area contributed by atoms with Gasteiger partial charge >= 0.3 is 0 Å². The number of ether oxygens (including phenoxy) is 2. The normalized spacial score (nSPS) is 12.3. The van der Waals surface area contributed by atoms with Crippen molar-refractivity contribution in [2.24, 2.45) is 0 Å². The number of rotatable bonds is 15. The zero-order valence-electron chi connectivity index (χ0n) is 23.4. The van der Waals surface area contributed by atoms with Gasteiger partial charge in [-0.15, -0.1) is 0 Å². The van der Waals surface area contributed by atoms with Crippen LogP contribution in [0.2, 0.25) is 25.7 Å². The minimum atomic E-state index is -3.79. The van der Waals surface area contributed by atoms with Crippen LogP contribution < -0.4 is 5.32 Å². The predicted octanol–water partition coefficient (Wildman–Crippen LogP) is 4.43. The molecule has 39 heavy (non-hydrogen) atoms. The Morgan fingerprint density at radius 2 is 1.82 bits per heavy atom. The highest BCUT2D eigenvalue weighted by molar-refractivity contribution is 7.89. The Bertz CT molecular complexity index is 1340. The van der Waals surface area contributed by atoms with E-state index in [4.69, 9.17) is 9.47 Å². The predicted molar refractivity (Wildman–Crippen MR) is 153 cm³/mol. The van der Waals surface area contributed by atoms with Crippen molar-refractivity contribution in [3.8, 4) is 11.4 Å². The largest absolute Gasteiger partial charge is 0.383 e. The number of imidazole rings is 1. The number of anilines is 2. The Hall–Kier alpha value is -2.97. The number of carbonyl (C=O) groups excluding carboxylic acids is 1. The summed E-state index contributed by atoms with van der Waals surface area (Å²) in [4.78, 5) is 24.6. The molecule has 13 heteroatoms. The van der Waals surface area contributed by atoms with E-state index in [9.17, 15) is 13.2 Å². The molecule has 0 bridgehead atoms. The van der Waals surface area contributed by atoms with Crippen LogP contribution in [0.4, 0.5) is 11.6 Å². The van der Waals surface area contributed by atoms with E-state index >= 15 is 0 Å². The second kappa shape index (κ2) is 13.4. The summed E-state index contributed by atoms with van der Waals surface area (Å²) in [5, 5.41) is 3.11. The molecule has 0 radical (unpaired) electrons. The molecule has 0 aliphatic carbocycles. The van der Waals surface area contributed by atoms with Gasteiger partial charge in [0.1, 0.15) is 6.73 Å². The number of nitrogens with zero attached hydrogens (tertiary/aromatic N) is 5. The molecule has 0 spiro atoms. The molecule has 212 valence electrons. The summed E-state index contributed by atoms with van der Waals surface area (Å²) in [5.74, 6) is 0.649. The quantitative estimate of drug-likeness (QED) is 0.121. The van der Waals surface area contributed by atoms with Crippen LogP contribution in [0, 0.1) is 0 Å². The van der Waals surface area contributed by atoms with Crippen LogP contribution in [-0.4, -0.2) is 80.2 Å². The van der Waals surface area contributed by atoms with Crippen molar-refractivity contribution in [1.82, 2.24) is 23.8 Å². The van der Waals surface area contributed by atoms with E-state index in [-0.39, 0.29) is 30.8 Å². The van der Waals surface area contributed by atoms with E-state index in [1.54, 1.807) is 30.6 Å². The average molecular weight is 575 g/mol. The van der Waals surface area contributed by atoms with Crippen molar-refractivity contribution in [3.05, 3.63) is 48.5 Å². The van der Waals surface area contributed by atoms with E-state index in [2.05, 4.69) is 39.9 Å². The lowest BCUT2D eigenvalue weighted by Crippen LogP contribution is -2.36. The Morgan fingerprint density at radius 1 is 1.10 bits per heavy atom. The lowest BCUT2D eigenvalue weighted by molar-refractivity contribution is 0.0660. The molecule has 0 aliphatic rings. The van der Waals surface area contributed by atoms with E-state index < -0.39 is 18.1 Å². The highest BCUT2D eigenvalue weighted by Crippen LogP contribution is 2.25. The number of nitrogens with one attached hydrogen (secondary N) is 1. The zero-order valence-corrected chi connectivity index (χ0v) is 25.2. The van der Waals surface area contributed by atoms with E-state index in [1.165, 1.54) is 23.5 Å². The first-order chi connectivity index (χ1) is 18.5. The first-order valence-corrected chi connectivity index (χ1v) is 17.9. The number of methoxy groups -OCH3 is 1. The fraction of sp³-hybridized carbons (Fsp3) is 0.462. The number of carbonyl (C=O) groups is 1. The molecule has 0 aliphatic heterocycles. The maximum absolute atomic E-state index is 13.3. The number of sulfonamides is 1. The lowest BCUT2D eigenvalue weighted by Gasteiger charge is -2.23. The van der Waals surface area contributed by atoms with Gasteiger partial charge in [0, 0.05) is 46.3 Å². The van der Waals surface area contributed by atoms with Gasteiger partial charge in [0.2, 0.25) is 16.0 Å². The molecule has 0 amide bonds. The third-order valence-electron chi connectivity index (χ3n) is 5.89. The van der Waals surface area contributed by atoms with Crippen molar-refractivity contribution in [2.75, 3.05) is 38.9 Å². The molecule has 0 fully saturated rings. The minimum Gasteiger partial charge on any atom is -0.383 e. The van der Waals surface area contributed by atoms with Gasteiger partial charge < -0.3 is 19.4 Å². The maximum atomic E-state index is 13.3. The first-order valence-electron chi connectivity index (χ1n) is 12.8. The van der Waals surface area contributed by atoms with E-state index in [0.717, 1.165) is 12.3 Å². The zero-order chi connectivity index (χ0) is 28.6. The number of aromatic nitrogens is 4. The number of hydrogen-bond donors (Lipinski definition) is 1. The number of benzene rings is 1. The fourth-order valence-corrected chi connectivity index (χ4v) is 5.80. The second-order valence-electron chi connectivity index (χ2n) is 10.5. The SMILES string of the molecule is COCCN(COCC[Si](C)(C)C)S(=O)(=O)c1ccc(Nc2nccc(-c3cnc(C=O)n3C(C)C)n2)cc1. The first kappa shape index (κ1) is 30.6. The summed E-state index contributed by atoms with van der Waals surface area (Å²) in [7, 11) is -3.55. The summed E-state index contributed by atoms with van der Waals surface area (Å²) in [5.41, 5.74) is 1.91. The molecule has 0 saturated carbocycles. The van der Waals surface area contributed by atoms with Crippen LogP contribution in [0.25, 0.3) is 11.4 Å². The monoisotopic (exact) mass is 574 g/mol. The van der Waals surface area contributed by atoms with Crippen molar-refractivity contribution in [1.29, 1.82) is 0 Å². The Balaban J connectivity index is 1.75. The van der Waals surface area contributed by atoms with Gasteiger partial charge in [0.15, 0.2) is 12.1 Å². The summed E-state index contributed by atoms with van der Waals surface area (Å²) in [6.45, 7) is 11.6. The van der Waals surface area contributed by atoms with Crippen LogP contribution in [0.5, 0.6) is 0 Å². The molecule has 0 saturated heterocycles. The summed E-state index contributed by atoms with van der Waals surface area (Å²) >= 11 is 0. The maximum Gasteiger partial charge on any atom is 0.245 e. The van der Waals surface area contributed by atoms with Gasteiger partial charge in [0.05, 0.1) is 29.1 Å². The van der Waals surface area contributed by atoms with Crippen molar-refractivity contribution >= 4 is 36.0 Å². The minimum absolute atomic E-state index is 0.0118. The molecular weight excluding hydrogens is 536 g/mol. The summed E-state index contributed by atoms with van der Waals surface area (Å²) in [6, 6.07) is 9.09. The number of hydrogen-bond acceptors (Lipinski definition) is 9. The van der Waals surface area contributed by atoms with Crippen molar-refractivity contribution < 1.29 is 22.7 Å². The summed E-state index contributed by atoms with van der Waals surface area (Å²) in [6.07, 6.45) is 3.94. The standard InChI is InChI=1S/C26H38N6O5SSi/c1-20(2)32-24(17-28-25(32)18-33)23-11-12-27-26(30-23)29-21-7-9-22(10-8-21)38(34,35)31(13-14-36-3)19-37-15-16-39(4,5)6/h7-12,17-18,20H,13-16,19H2,1-6H3,(H,27,29,30). The number of aldehydes is 1. The van der Waals surface area contributed by atoms with Crippen LogP contribution in [0.15, 0.2) is 47.6 Å². The molecule has 2 aromatic heterocycles. The third-order valence-corrected chi connectivity index (χ3v) is 9.43. The molecule has 1 aromatic carbocycles. The van der Waals surface area contributed by atoms with E-state index in [0.29, 0.717) is 35.5 Å². The molecular formula is C26H38N6O5SSi. The summed E-state index contributed by atoms with van der Waals surface area (Å²) < 4.78 is 40.6. The Morgan fingerprint density at radius 3 is 2.44 bits per heavy atom. The average Bonchev–Trinajstić information content (AvgIpc) is 3.33. The molecule has 3 rings (SSSR count). The van der Waals surface area contributed by atoms with Crippen LogP contribution in [0.3, 0.4) is 0 Å². The highest BCUT2D eigenvalue weighted by Gasteiger charge is 2.25. The smallest absolute Gasteiger partial charge is 0.245 e. The van der Waals surface area contributed by atoms with Gasteiger partial charge in [-0.3, -0.25) is 4.79 Å². The van der Waals surface area contributed by atoms with Crippen molar-refractivity contribution in [2.45, 2.75) is 50.5 Å². The Kier molecular flexibility index (Phi) is 10.5.